The average molecular weight is 225 g/mol. The molecule has 1 amide bonds. The van der Waals surface area contributed by atoms with Crippen molar-refractivity contribution in [2.24, 2.45) is 5.41 Å². The highest BCUT2D eigenvalue weighted by Gasteiger charge is 2.49. The first-order chi connectivity index (χ1) is 7.47. The summed E-state index contributed by atoms with van der Waals surface area (Å²) in [6.07, 6.45) is 4.86. The van der Waals surface area contributed by atoms with Crippen molar-refractivity contribution < 1.29 is 14.3 Å². The molecule has 0 aromatic heterocycles. The fourth-order valence-corrected chi connectivity index (χ4v) is 3.38. The third-order valence-corrected chi connectivity index (χ3v) is 3.90. The van der Waals surface area contributed by atoms with Crippen LogP contribution >= 0.6 is 0 Å². The lowest BCUT2D eigenvalue weighted by Crippen LogP contribution is -2.59. The molecule has 1 aliphatic heterocycles. The number of piperidine rings is 1. The highest BCUT2D eigenvalue weighted by Crippen LogP contribution is 2.48. The molecule has 16 heavy (non-hydrogen) atoms. The number of fused-ring (bicyclic) bond motifs is 2. The first-order valence-corrected chi connectivity index (χ1v) is 5.85. The van der Waals surface area contributed by atoms with E-state index in [1.807, 2.05) is 0 Å². The van der Waals surface area contributed by atoms with Crippen LogP contribution in [0.4, 0.5) is 0 Å². The second kappa shape index (κ2) is 3.75. The van der Waals surface area contributed by atoms with Crippen molar-refractivity contribution >= 4 is 11.9 Å². The van der Waals surface area contributed by atoms with Crippen LogP contribution in [0.25, 0.3) is 0 Å². The van der Waals surface area contributed by atoms with Gasteiger partial charge in [-0.1, -0.05) is 13.3 Å². The quantitative estimate of drug-likeness (QED) is 0.722. The Morgan fingerprint density at radius 2 is 2.25 bits per heavy atom. The van der Waals surface area contributed by atoms with Crippen LogP contribution in [0.15, 0.2) is 0 Å². The Balaban J connectivity index is 2.18. The van der Waals surface area contributed by atoms with Gasteiger partial charge in [0.25, 0.3) is 0 Å². The maximum atomic E-state index is 11.7. The molecule has 1 saturated heterocycles. The molecular formula is C12H19NO3. The number of esters is 1. The van der Waals surface area contributed by atoms with Gasteiger partial charge in [0.15, 0.2) is 0 Å². The second-order valence-corrected chi connectivity index (χ2v) is 5.60. The molecule has 0 radical (unpaired) electrons. The van der Waals surface area contributed by atoms with Gasteiger partial charge in [0, 0.05) is 6.42 Å². The van der Waals surface area contributed by atoms with Crippen molar-refractivity contribution in [1.29, 1.82) is 0 Å². The Kier molecular flexibility index (Phi) is 2.68. The van der Waals surface area contributed by atoms with E-state index in [-0.39, 0.29) is 22.8 Å². The number of hydrogen-bond donors (Lipinski definition) is 1. The molecule has 1 saturated carbocycles. The molecule has 0 spiro atoms. The Hall–Kier alpha value is -1.06. The maximum Gasteiger partial charge on any atom is 0.307 e. The third kappa shape index (κ3) is 2.06. The van der Waals surface area contributed by atoms with E-state index in [0.717, 1.165) is 25.7 Å². The van der Waals surface area contributed by atoms with Crippen LogP contribution in [0.5, 0.6) is 0 Å². The van der Waals surface area contributed by atoms with E-state index >= 15 is 0 Å². The molecule has 2 atom stereocenters. The fourth-order valence-electron chi connectivity index (χ4n) is 3.38. The Morgan fingerprint density at radius 3 is 2.94 bits per heavy atom. The predicted molar refractivity (Wildman–Crippen MR) is 58.7 cm³/mol. The summed E-state index contributed by atoms with van der Waals surface area (Å²) in [4.78, 5) is 23.1. The van der Waals surface area contributed by atoms with E-state index in [4.69, 9.17) is 4.74 Å². The molecule has 1 heterocycles. The minimum atomic E-state index is -0.338. The molecule has 0 unspecified atom stereocenters. The van der Waals surface area contributed by atoms with Gasteiger partial charge in [-0.05, 0) is 24.7 Å². The average Bonchev–Trinajstić information content (AvgIpc) is 2.14. The summed E-state index contributed by atoms with van der Waals surface area (Å²) in [6, 6.07) is 0. The van der Waals surface area contributed by atoms with Gasteiger partial charge in [-0.25, -0.2) is 0 Å². The van der Waals surface area contributed by atoms with Crippen LogP contribution in [-0.2, 0) is 14.3 Å². The summed E-state index contributed by atoms with van der Waals surface area (Å²) in [7, 11) is 1.39. The summed E-state index contributed by atoms with van der Waals surface area (Å²) < 4.78 is 4.72. The SMILES string of the molecule is COC(=O)C[C@@]12CCC[C@@](C)(CC(=O)N1)C2. The first kappa shape index (κ1) is 11.4. The number of ether oxygens (including phenoxy) is 1. The van der Waals surface area contributed by atoms with E-state index in [0.29, 0.717) is 12.8 Å². The van der Waals surface area contributed by atoms with Gasteiger partial charge < -0.3 is 10.1 Å². The zero-order chi connectivity index (χ0) is 11.8. The molecule has 2 fully saturated rings. The standard InChI is InChI=1S/C12H19NO3/c1-11-4-3-5-12(8-11,7-10(15)16-2)13-9(14)6-11/h3-8H2,1-2H3,(H,13,14)/t11-,12+/m0/s1. The van der Waals surface area contributed by atoms with E-state index in [1.165, 1.54) is 7.11 Å². The monoisotopic (exact) mass is 225 g/mol. The number of rotatable bonds is 2. The number of hydrogen-bond acceptors (Lipinski definition) is 3. The maximum absolute atomic E-state index is 11.7. The molecular weight excluding hydrogens is 206 g/mol. The molecule has 0 aromatic rings. The summed E-state index contributed by atoms with van der Waals surface area (Å²) in [5, 5.41) is 3.01. The molecule has 0 aromatic carbocycles. The highest BCUT2D eigenvalue weighted by molar-refractivity contribution is 5.80. The fraction of sp³-hybridized carbons (Fsp3) is 0.833. The number of methoxy groups -OCH3 is 1. The largest absolute Gasteiger partial charge is 0.469 e. The molecule has 1 N–H and O–H groups in total. The van der Waals surface area contributed by atoms with Crippen LogP contribution in [0.2, 0.25) is 0 Å². The lowest BCUT2D eigenvalue weighted by Gasteiger charge is -2.50. The number of nitrogens with one attached hydrogen (secondary N) is 1. The number of carbonyl (C=O) groups is 2. The Labute approximate surface area is 95.7 Å². The number of amides is 1. The Bertz CT molecular complexity index is 328. The van der Waals surface area contributed by atoms with Crippen LogP contribution in [0, 0.1) is 5.41 Å². The molecule has 1 aliphatic carbocycles. The first-order valence-electron chi connectivity index (χ1n) is 5.85. The lowest BCUT2D eigenvalue weighted by molar-refractivity contribution is -0.146. The van der Waals surface area contributed by atoms with Gasteiger partial charge >= 0.3 is 5.97 Å². The second-order valence-electron chi connectivity index (χ2n) is 5.60. The Morgan fingerprint density at radius 1 is 1.50 bits per heavy atom. The summed E-state index contributed by atoms with van der Waals surface area (Å²) in [6.45, 7) is 2.15. The molecule has 2 rings (SSSR count). The van der Waals surface area contributed by atoms with Crippen molar-refractivity contribution in [3.8, 4) is 0 Å². The van der Waals surface area contributed by atoms with Gasteiger partial charge in [0.05, 0.1) is 19.1 Å². The van der Waals surface area contributed by atoms with Crippen LogP contribution in [0.3, 0.4) is 0 Å². The molecule has 2 aliphatic rings. The predicted octanol–water partition coefficient (Wildman–Crippen LogP) is 1.39. The molecule has 90 valence electrons. The van der Waals surface area contributed by atoms with Crippen LogP contribution in [-0.4, -0.2) is 24.5 Å². The molecule has 2 bridgehead atoms. The van der Waals surface area contributed by atoms with E-state index in [1.54, 1.807) is 0 Å². The smallest absolute Gasteiger partial charge is 0.307 e. The van der Waals surface area contributed by atoms with Crippen LogP contribution in [0.1, 0.15) is 45.4 Å². The molecule has 4 heteroatoms. The van der Waals surface area contributed by atoms with Gasteiger partial charge in [-0.15, -0.1) is 0 Å². The zero-order valence-electron chi connectivity index (χ0n) is 9.97. The topological polar surface area (TPSA) is 55.4 Å². The minimum Gasteiger partial charge on any atom is -0.469 e. The van der Waals surface area contributed by atoms with Gasteiger partial charge in [0.2, 0.25) is 5.91 Å². The van der Waals surface area contributed by atoms with Crippen molar-refractivity contribution in [1.82, 2.24) is 5.32 Å². The number of carbonyl (C=O) groups excluding carboxylic acids is 2. The van der Waals surface area contributed by atoms with Crippen molar-refractivity contribution in [3.63, 3.8) is 0 Å². The van der Waals surface area contributed by atoms with Crippen LogP contribution < -0.4 is 5.32 Å². The third-order valence-electron chi connectivity index (χ3n) is 3.90. The van der Waals surface area contributed by atoms with Crippen molar-refractivity contribution in [2.45, 2.75) is 51.0 Å². The van der Waals surface area contributed by atoms with Crippen molar-refractivity contribution in [2.75, 3.05) is 7.11 Å². The highest BCUT2D eigenvalue weighted by atomic mass is 16.5. The van der Waals surface area contributed by atoms with E-state index in [2.05, 4.69) is 12.2 Å². The molecule has 4 nitrogen and oxygen atoms in total. The van der Waals surface area contributed by atoms with E-state index < -0.39 is 0 Å². The minimum absolute atomic E-state index is 0.0780. The zero-order valence-corrected chi connectivity index (χ0v) is 9.97. The normalized spacial score (nSPS) is 37.8. The van der Waals surface area contributed by atoms with Gasteiger partial charge in [-0.2, -0.15) is 0 Å². The lowest BCUT2D eigenvalue weighted by atomic mass is 9.62. The van der Waals surface area contributed by atoms with Gasteiger partial charge in [-0.3, -0.25) is 9.59 Å². The summed E-state index contributed by atoms with van der Waals surface area (Å²) in [5.41, 5.74) is -0.260. The van der Waals surface area contributed by atoms with Gasteiger partial charge in [0.1, 0.15) is 0 Å². The van der Waals surface area contributed by atoms with Crippen molar-refractivity contribution in [3.05, 3.63) is 0 Å². The summed E-state index contributed by atoms with van der Waals surface area (Å²) in [5.74, 6) is -0.149. The summed E-state index contributed by atoms with van der Waals surface area (Å²) >= 11 is 0. The van der Waals surface area contributed by atoms with E-state index in [9.17, 15) is 9.59 Å².